The molecule has 102 valence electrons. The van der Waals surface area contributed by atoms with Crippen LogP contribution in [0.15, 0.2) is 59.7 Å². The molecule has 3 nitrogen and oxygen atoms in total. The first-order chi connectivity index (χ1) is 9.68. The van der Waals surface area contributed by atoms with Gasteiger partial charge in [0.15, 0.2) is 0 Å². The lowest BCUT2D eigenvalue weighted by atomic mass is 10.0. The lowest BCUT2D eigenvalue weighted by Gasteiger charge is -2.06. The molecule has 0 radical (unpaired) electrons. The monoisotopic (exact) mass is 286 g/mol. The van der Waals surface area contributed by atoms with Crippen molar-refractivity contribution in [2.75, 3.05) is 0 Å². The number of amides is 1. The van der Waals surface area contributed by atoms with Gasteiger partial charge in [0.25, 0.3) is 5.91 Å². The number of nitrogens with one attached hydrogen (secondary N) is 1. The van der Waals surface area contributed by atoms with Crippen molar-refractivity contribution in [2.24, 2.45) is 5.10 Å². The van der Waals surface area contributed by atoms with Crippen molar-refractivity contribution < 1.29 is 4.79 Å². The van der Waals surface area contributed by atoms with E-state index in [0.29, 0.717) is 10.6 Å². The standard InChI is InChI=1S/C16H15ClN2O/c1-12(13-7-3-2-4-8-13)11-18-19-16(20)14-9-5-6-10-15(14)17/h2-12H,1H3,(H,19,20). The summed E-state index contributed by atoms with van der Waals surface area (Å²) < 4.78 is 0. The highest BCUT2D eigenvalue weighted by Gasteiger charge is 2.08. The fraction of sp³-hybridized carbons (Fsp3) is 0.125. The summed E-state index contributed by atoms with van der Waals surface area (Å²) in [6.07, 6.45) is 1.70. The van der Waals surface area contributed by atoms with Crippen LogP contribution < -0.4 is 5.43 Å². The molecule has 0 bridgehead atoms. The van der Waals surface area contributed by atoms with Gasteiger partial charge < -0.3 is 0 Å². The Morgan fingerprint density at radius 2 is 1.80 bits per heavy atom. The number of nitrogens with zero attached hydrogens (tertiary/aromatic N) is 1. The Morgan fingerprint density at radius 1 is 1.15 bits per heavy atom. The summed E-state index contributed by atoms with van der Waals surface area (Å²) in [6.45, 7) is 2.01. The predicted molar refractivity (Wildman–Crippen MR) is 82.3 cm³/mol. The maximum absolute atomic E-state index is 11.9. The first kappa shape index (κ1) is 14.3. The summed E-state index contributed by atoms with van der Waals surface area (Å²) >= 11 is 5.94. The molecule has 0 aliphatic rings. The molecule has 1 unspecified atom stereocenters. The van der Waals surface area contributed by atoms with E-state index in [1.807, 2.05) is 37.3 Å². The fourth-order valence-electron chi connectivity index (χ4n) is 1.76. The Hall–Kier alpha value is -2.13. The van der Waals surface area contributed by atoms with Crippen molar-refractivity contribution in [1.82, 2.24) is 5.43 Å². The van der Waals surface area contributed by atoms with Gasteiger partial charge in [-0.15, -0.1) is 0 Å². The topological polar surface area (TPSA) is 41.5 Å². The number of halogens is 1. The molecule has 20 heavy (non-hydrogen) atoms. The van der Waals surface area contributed by atoms with Gasteiger partial charge in [-0.1, -0.05) is 61.0 Å². The fourth-order valence-corrected chi connectivity index (χ4v) is 1.98. The van der Waals surface area contributed by atoms with Crippen molar-refractivity contribution in [1.29, 1.82) is 0 Å². The number of carbonyl (C=O) groups is 1. The Kier molecular flexibility index (Phi) is 4.91. The molecule has 0 fully saturated rings. The average molecular weight is 287 g/mol. The van der Waals surface area contributed by atoms with E-state index >= 15 is 0 Å². The van der Waals surface area contributed by atoms with Crippen LogP contribution in [-0.2, 0) is 0 Å². The van der Waals surface area contributed by atoms with Crippen LogP contribution in [0.4, 0.5) is 0 Å². The Morgan fingerprint density at radius 3 is 2.50 bits per heavy atom. The minimum atomic E-state index is -0.313. The zero-order chi connectivity index (χ0) is 14.4. The largest absolute Gasteiger partial charge is 0.272 e. The zero-order valence-corrected chi connectivity index (χ0v) is 11.8. The van der Waals surface area contributed by atoms with Gasteiger partial charge in [0.2, 0.25) is 0 Å². The van der Waals surface area contributed by atoms with Crippen LogP contribution in [0, 0.1) is 0 Å². The lowest BCUT2D eigenvalue weighted by molar-refractivity contribution is 0.0955. The Bertz CT molecular complexity index is 611. The molecule has 0 heterocycles. The molecule has 0 saturated heterocycles. The summed E-state index contributed by atoms with van der Waals surface area (Å²) in [5, 5.41) is 4.40. The number of hydrogen-bond acceptors (Lipinski definition) is 2. The second kappa shape index (κ2) is 6.87. The van der Waals surface area contributed by atoms with E-state index in [0.717, 1.165) is 5.56 Å². The van der Waals surface area contributed by atoms with E-state index in [-0.39, 0.29) is 11.8 Å². The van der Waals surface area contributed by atoms with Crippen molar-refractivity contribution in [3.63, 3.8) is 0 Å². The van der Waals surface area contributed by atoms with Crippen LogP contribution >= 0.6 is 11.6 Å². The highest BCUT2D eigenvalue weighted by Crippen LogP contribution is 2.14. The molecular weight excluding hydrogens is 272 g/mol. The number of rotatable bonds is 4. The van der Waals surface area contributed by atoms with Gasteiger partial charge in [-0.05, 0) is 17.7 Å². The molecular formula is C16H15ClN2O. The van der Waals surface area contributed by atoms with Gasteiger partial charge in [-0.25, -0.2) is 5.43 Å². The molecule has 1 atom stereocenters. The maximum Gasteiger partial charge on any atom is 0.272 e. The Labute approximate surface area is 123 Å². The van der Waals surface area contributed by atoms with E-state index in [1.54, 1.807) is 30.5 Å². The quantitative estimate of drug-likeness (QED) is 0.673. The first-order valence-electron chi connectivity index (χ1n) is 6.31. The van der Waals surface area contributed by atoms with Gasteiger partial charge in [-0.3, -0.25) is 4.79 Å². The number of hydrazone groups is 1. The first-order valence-corrected chi connectivity index (χ1v) is 6.69. The molecule has 4 heteroatoms. The highest BCUT2D eigenvalue weighted by molar-refractivity contribution is 6.33. The second-order valence-corrected chi connectivity index (χ2v) is 4.81. The number of carbonyl (C=O) groups excluding carboxylic acids is 1. The summed E-state index contributed by atoms with van der Waals surface area (Å²) in [4.78, 5) is 11.9. The molecule has 2 rings (SSSR count). The third-order valence-electron chi connectivity index (χ3n) is 2.91. The summed E-state index contributed by atoms with van der Waals surface area (Å²) in [5.74, 6) is -0.185. The van der Waals surface area contributed by atoms with Crippen LogP contribution in [0.2, 0.25) is 5.02 Å². The van der Waals surface area contributed by atoms with Crippen LogP contribution in [0.1, 0.15) is 28.8 Å². The summed E-state index contributed by atoms with van der Waals surface area (Å²) in [6, 6.07) is 16.8. The molecule has 1 N–H and O–H groups in total. The van der Waals surface area contributed by atoms with Crippen LogP contribution in [0.3, 0.4) is 0 Å². The SMILES string of the molecule is CC(C=NNC(=O)c1ccccc1Cl)c1ccccc1. The average Bonchev–Trinajstić information content (AvgIpc) is 2.48. The zero-order valence-electron chi connectivity index (χ0n) is 11.1. The minimum absolute atomic E-state index is 0.128. The normalized spacial score (nSPS) is 12.3. The van der Waals surface area contributed by atoms with E-state index in [2.05, 4.69) is 10.5 Å². The minimum Gasteiger partial charge on any atom is -0.267 e. The van der Waals surface area contributed by atoms with E-state index in [4.69, 9.17) is 11.6 Å². The van der Waals surface area contributed by atoms with Gasteiger partial charge in [0, 0.05) is 12.1 Å². The highest BCUT2D eigenvalue weighted by atomic mass is 35.5. The number of hydrogen-bond donors (Lipinski definition) is 1. The number of benzene rings is 2. The van der Waals surface area contributed by atoms with Gasteiger partial charge in [-0.2, -0.15) is 5.10 Å². The van der Waals surface area contributed by atoms with Crippen molar-refractivity contribution in [3.05, 3.63) is 70.7 Å². The van der Waals surface area contributed by atoms with Crippen LogP contribution in [0.5, 0.6) is 0 Å². The van der Waals surface area contributed by atoms with Crippen molar-refractivity contribution in [3.8, 4) is 0 Å². The van der Waals surface area contributed by atoms with E-state index in [1.165, 1.54) is 0 Å². The van der Waals surface area contributed by atoms with Crippen molar-refractivity contribution >= 4 is 23.7 Å². The molecule has 1 amide bonds. The summed E-state index contributed by atoms with van der Waals surface area (Å²) in [5.41, 5.74) is 4.04. The van der Waals surface area contributed by atoms with E-state index in [9.17, 15) is 4.79 Å². The third-order valence-corrected chi connectivity index (χ3v) is 3.24. The Balaban J connectivity index is 1.97. The molecule has 0 aromatic heterocycles. The van der Waals surface area contributed by atoms with Gasteiger partial charge in [0.1, 0.15) is 0 Å². The van der Waals surface area contributed by atoms with Gasteiger partial charge in [0.05, 0.1) is 10.6 Å². The van der Waals surface area contributed by atoms with Crippen LogP contribution in [-0.4, -0.2) is 12.1 Å². The second-order valence-electron chi connectivity index (χ2n) is 4.40. The molecule has 0 aliphatic heterocycles. The predicted octanol–water partition coefficient (Wildman–Crippen LogP) is 3.86. The molecule has 2 aromatic carbocycles. The molecule has 0 spiro atoms. The smallest absolute Gasteiger partial charge is 0.267 e. The van der Waals surface area contributed by atoms with Crippen molar-refractivity contribution in [2.45, 2.75) is 12.8 Å². The van der Waals surface area contributed by atoms with Gasteiger partial charge >= 0.3 is 0 Å². The third kappa shape index (κ3) is 3.68. The molecule has 0 aliphatic carbocycles. The maximum atomic E-state index is 11.9. The molecule has 2 aromatic rings. The summed E-state index contributed by atoms with van der Waals surface area (Å²) in [7, 11) is 0. The lowest BCUT2D eigenvalue weighted by Crippen LogP contribution is -2.18. The van der Waals surface area contributed by atoms with E-state index < -0.39 is 0 Å². The van der Waals surface area contributed by atoms with Crippen LogP contribution in [0.25, 0.3) is 0 Å². The molecule has 0 saturated carbocycles.